The molecule has 1 heterocycles. The molecule has 0 saturated heterocycles. The quantitative estimate of drug-likeness (QED) is 0.633. The van der Waals surface area contributed by atoms with Crippen molar-refractivity contribution in [1.82, 2.24) is 15.3 Å². The van der Waals surface area contributed by atoms with Crippen LogP contribution in [0.5, 0.6) is 0 Å². The van der Waals surface area contributed by atoms with E-state index in [0.717, 1.165) is 0 Å². The lowest BCUT2D eigenvalue weighted by atomic mass is 9.91. The highest BCUT2D eigenvalue weighted by Crippen LogP contribution is 2.35. The van der Waals surface area contributed by atoms with Gasteiger partial charge in [0.1, 0.15) is 5.82 Å². The summed E-state index contributed by atoms with van der Waals surface area (Å²) in [4.78, 5) is 32.2. The molecule has 2 N–H and O–H groups in total. The van der Waals surface area contributed by atoms with Crippen LogP contribution in [0.25, 0.3) is 10.9 Å². The van der Waals surface area contributed by atoms with Crippen molar-refractivity contribution < 1.29 is 4.79 Å². The number of benzene rings is 2. The Morgan fingerprint density at radius 1 is 1.07 bits per heavy atom. The van der Waals surface area contributed by atoms with E-state index in [9.17, 15) is 9.59 Å². The first-order valence-corrected chi connectivity index (χ1v) is 10.5. The zero-order valence-corrected chi connectivity index (χ0v) is 16.6. The summed E-state index contributed by atoms with van der Waals surface area (Å²) in [5.74, 6) is 1.21. The number of H-pyrrole nitrogens is 1. The second-order valence-corrected chi connectivity index (χ2v) is 7.88. The van der Waals surface area contributed by atoms with Gasteiger partial charge < -0.3 is 10.3 Å². The maximum absolute atomic E-state index is 12.6. The summed E-state index contributed by atoms with van der Waals surface area (Å²) in [5, 5.41) is 3.87. The van der Waals surface area contributed by atoms with Gasteiger partial charge in [-0.3, -0.25) is 9.59 Å². The van der Waals surface area contributed by atoms with Crippen LogP contribution in [0.4, 0.5) is 0 Å². The van der Waals surface area contributed by atoms with Crippen molar-refractivity contribution in [2.45, 2.75) is 51.0 Å². The van der Waals surface area contributed by atoms with E-state index in [0.29, 0.717) is 41.9 Å². The number of fused-ring (bicyclic) bond motifs is 1. The summed E-state index contributed by atoms with van der Waals surface area (Å²) in [6.07, 6.45) is 6.47. The van der Waals surface area contributed by atoms with Gasteiger partial charge in [-0.05, 0) is 42.9 Å². The smallest absolute Gasteiger partial charge is 0.258 e. The Bertz CT molecular complexity index is 1020. The number of nitrogens with one attached hydrogen (secondary N) is 2. The minimum absolute atomic E-state index is 0.0638. The van der Waals surface area contributed by atoms with Gasteiger partial charge in [0.25, 0.3) is 5.56 Å². The van der Waals surface area contributed by atoms with Crippen molar-refractivity contribution in [2.24, 2.45) is 5.92 Å². The summed E-state index contributed by atoms with van der Waals surface area (Å²) in [6.45, 7) is 0. The topological polar surface area (TPSA) is 74.8 Å². The lowest BCUT2D eigenvalue weighted by Gasteiger charge is -2.25. The lowest BCUT2D eigenvalue weighted by molar-refractivity contribution is -0.122. The van der Waals surface area contributed by atoms with Gasteiger partial charge in [-0.1, -0.05) is 55.3 Å². The van der Waals surface area contributed by atoms with Crippen molar-refractivity contribution >= 4 is 16.8 Å². The average molecular weight is 389 g/mol. The predicted molar refractivity (Wildman–Crippen MR) is 115 cm³/mol. The van der Waals surface area contributed by atoms with E-state index in [2.05, 4.69) is 27.4 Å². The number of amides is 1. The molecule has 0 spiro atoms. The van der Waals surface area contributed by atoms with E-state index in [1.807, 2.05) is 36.4 Å². The van der Waals surface area contributed by atoms with Crippen LogP contribution in [0.15, 0.2) is 59.4 Å². The molecule has 0 bridgehead atoms. The first-order valence-electron chi connectivity index (χ1n) is 10.5. The van der Waals surface area contributed by atoms with E-state index >= 15 is 0 Å². The van der Waals surface area contributed by atoms with Gasteiger partial charge >= 0.3 is 0 Å². The first-order chi connectivity index (χ1) is 14.2. The summed E-state index contributed by atoms with van der Waals surface area (Å²) >= 11 is 0. The van der Waals surface area contributed by atoms with Gasteiger partial charge in [0.15, 0.2) is 0 Å². The van der Waals surface area contributed by atoms with Crippen molar-refractivity contribution in [1.29, 1.82) is 0 Å². The molecule has 150 valence electrons. The van der Waals surface area contributed by atoms with Crippen molar-refractivity contribution in [3.63, 3.8) is 0 Å². The molecular weight excluding hydrogens is 362 g/mol. The molecule has 1 aliphatic rings. The number of aromatic nitrogens is 2. The number of carbonyl (C=O) groups excluding carboxylic acids is 1. The van der Waals surface area contributed by atoms with Crippen LogP contribution < -0.4 is 10.9 Å². The molecule has 3 aromatic rings. The van der Waals surface area contributed by atoms with Crippen molar-refractivity contribution in [2.75, 3.05) is 0 Å². The maximum atomic E-state index is 12.6. The van der Waals surface area contributed by atoms with Crippen molar-refractivity contribution in [3.8, 4) is 0 Å². The molecule has 4 rings (SSSR count). The Balaban J connectivity index is 1.37. The van der Waals surface area contributed by atoms with Gasteiger partial charge in [0.05, 0.1) is 16.9 Å². The van der Waals surface area contributed by atoms with Gasteiger partial charge in [-0.15, -0.1) is 0 Å². The predicted octanol–water partition coefficient (Wildman–Crippen LogP) is 4.29. The highest BCUT2D eigenvalue weighted by Gasteiger charge is 2.27. The van der Waals surface area contributed by atoms with Gasteiger partial charge in [0, 0.05) is 12.8 Å². The third-order valence-electron chi connectivity index (χ3n) is 5.83. The fourth-order valence-corrected chi connectivity index (χ4v) is 4.34. The van der Waals surface area contributed by atoms with Gasteiger partial charge in [-0.2, -0.15) is 0 Å². The molecule has 0 radical (unpaired) electrons. The van der Waals surface area contributed by atoms with Crippen LogP contribution in [0.3, 0.4) is 0 Å². The number of hydrogen-bond donors (Lipinski definition) is 2. The largest absolute Gasteiger partial charge is 0.349 e. The number of aromatic amines is 1. The van der Waals surface area contributed by atoms with Crippen LogP contribution in [-0.2, 0) is 11.2 Å². The maximum Gasteiger partial charge on any atom is 0.258 e. The average Bonchev–Trinajstić information content (AvgIpc) is 3.27. The summed E-state index contributed by atoms with van der Waals surface area (Å²) < 4.78 is 0. The molecule has 1 unspecified atom stereocenters. The van der Waals surface area contributed by atoms with E-state index in [-0.39, 0.29) is 17.5 Å². The third-order valence-corrected chi connectivity index (χ3v) is 5.83. The molecular formula is C24H27N3O2. The third kappa shape index (κ3) is 4.73. The van der Waals surface area contributed by atoms with Crippen LogP contribution in [-0.4, -0.2) is 15.9 Å². The minimum atomic E-state index is -0.125. The highest BCUT2D eigenvalue weighted by atomic mass is 16.1. The van der Waals surface area contributed by atoms with Crippen LogP contribution in [0.1, 0.15) is 56.0 Å². The summed E-state index contributed by atoms with van der Waals surface area (Å²) in [6, 6.07) is 17.7. The second kappa shape index (κ2) is 9.03. The number of rotatable bonds is 7. The van der Waals surface area contributed by atoms with Crippen LogP contribution in [0, 0.1) is 5.92 Å². The molecule has 1 saturated carbocycles. The highest BCUT2D eigenvalue weighted by molar-refractivity contribution is 5.77. The molecule has 29 heavy (non-hydrogen) atoms. The SMILES string of the molecule is O=C(CCCc1nc2ccccc2c(=O)[nH]1)NC(c1ccccc1)C1CCCC1. The van der Waals surface area contributed by atoms with Gasteiger partial charge in [0.2, 0.25) is 5.91 Å². The molecule has 0 aliphatic heterocycles. The van der Waals surface area contributed by atoms with E-state index in [1.54, 1.807) is 6.07 Å². The first kappa shape index (κ1) is 19.4. The number of aryl methyl sites for hydroxylation is 1. The Morgan fingerprint density at radius 3 is 2.59 bits per heavy atom. The minimum Gasteiger partial charge on any atom is -0.349 e. The van der Waals surface area contributed by atoms with E-state index in [4.69, 9.17) is 0 Å². The molecule has 5 nitrogen and oxygen atoms in total. The molecule has 1 fully saturated rings. The monoisotopic (exact) mass is 389 g/mol. The fourth-order valence-electron chi connectivity index (χ4n) is 4.34. The number of nitrogens with zero attached hydrogens (tertiary/aromatic N) is 1. The van der Waals surface area contributed by atoms with Crippen LogP contribution >= 0.6 is 0 Å². The van der Waals surface area contributed by atoms with E-state index < -0.39 is 0 Å². The molecule has 5 heteroatoms. The van der Waals surface area contributed by atoms with E-state index in [1.165, 1.54) is 31.2 Å². The Morgan fingerprint density at radius 2 is 1.79 bits per heavy atom. The normalized spacial score (nSPS) is 15.4. The zero-order valence-electron chi connectivity index (χ0n) is 16.6. The molecule has 1 aromatic heterocycles. The second-order valence-electron chi connectivity index (χ2n) is 7.88. The lowest BCUT2D eigenvalue weighted by Crippen LogP contribution is -2.32. The molecule has 1 aliphatic carbocycles. The van der Waals surface area contributed by atoms with Gasteiger partial charge in [-0.25, -0.2) is 4.98 Å². The summed E-state index contributed by atoms with van der Waals surface area (Å²) in [5.41, 5.74) is 1.76. The number of para-hydroxylation sites is 1. The zero-order chi connectivity index (χ0) is 20.1. The van der Waals surface area contributed by atoms with Crippen molar-refractivity contribution in [3.05, 3.63) is 76.3 Å². The Hall–Kier alpha value is -2.95. The Kier molecular flexibility index (Phi) is 6.03. The Labute approximate surface area is 170 Å². The summed E-state index contributed by atoms with van der Waals surface area (Å²) in [7, 11) is 0. The molecule has 1 amide bonds. The molecule has 2 aromatic carbocycles. The molecule has 1 atom stereocenters. The fraction of sp³-hybridized carbons (Fsp3) is 0.375. The standard InChI is InChI=1S/C24H27N3O2/c28-22(27-23(18-11-4-5-12-18)17-9-2-1-3-10-17)16-8-15-21-25-20-14-7-6-13-19(20)24(29)26-21/h1-3,6-7,9-10,13-14,18,23H,4-5,8,11-12,15-16H2,(H,27,28)(H,25,26,29). The van der Waals surface area contributed by atoms with Crippen LogP contribution in [0.2, 0.25) is 0 Å². The number of carbonyl (C=O) groups is 1. The number of hydrogen-bond acceptors (Lipinski definition) is 3.